The minimum atomic E-state index is -0.395. The van der Waals surface area contributed by atoms with Crippen molar-refractivity contribution in [2.75, 3.05) is 0 Å². The Morgan fingerprint density at radius 1 is 1.20 bits per heavy atom. The molecule has 20 heavy (non-hydrogen) atoms. The fraction of sp³-hybridized carbons (Fsp3) is 0.471. The Kier molecular flexibility index (Phi) is 3.08. The van der Waals surface area contributed by atoms with E-state index in [1.165, 1.54) is 42.0 Å². The molecular formula is C17H22N2O. The standard InChI is InChI=1S/C17H22N2O/c1-17(2)10-13-7-11-5-3-4-6-12(11)8-14(13)15(19-17)9-16(18)20/h7-9,19H,3-6,10H2,1-2H3,(H2,18,20)/b15-9-. The highest BCUT2D eigenvalue weighted by Crippen LogP contribution is 2.34. The maximum atomic E-state index is 11.3. The van der Waals surface area contributed by atoms with Crippen molar-refractivity contribution in [2.45, 2.75) is 51.5 Å². The molecule has 3 N–H and O–H groups in total. The third-order valence-corrected chi connectivity index (χ3v) is 4.25. The number of benzene rings is 1. The van der Waals surface area contributed by atoms with Crippen LogP contribution in [0.4, 0.5) is 0 Å². The van der Waals surface area contributed by atoms with E-state index >= 15 is 0 Å². The fourth-order valence-corrected chi connectivity index (χ4v) is 3.44. The number of fused-ring (bicyclic) bond motifs is 2. The van der Waals surface area contributed by atoms with Crippen LogP contribution < -0.4 is 11.1 Å². The van der Waals surface area contributed by atoms with E-state index in [0.717, 1.165) is 24.1 Å². The van der Waals surface area contributed by atoms with Crippen LogP contribution in [0.5, 0.6) is 0 Å². The summed E-state index contributed by atoms with van der Waals surface area (Å²) in [6.45, 7) is 4.31. The number of hydrogen-bond acceptors (Lipinski definition) is 2. The van der Waals surface area contributed by atoms with Crippen LogP contribution in [0.25, 0.3) is 5.70 Å². The smallest absolute Gasteiger partial charge is 0.243 e. The highest BCUT2D eigenvalue weighted by Gasteiger charge is 2.29. The first-order valence-corrected chi connectivity index (χ1v) is 7.39. The Morgan fingerprint density at radius 2 is 1.85 bits per heavy atom. The second-order valence-corrected chi connectivity index (χ2v) is 6.63. The molecule has 3 nitrogen and oxygen atoms in total. The van der Waals surface area contributed by atoms with E-state index in [1.807, 2.05) is 0 Å². The van der Waals surface area contributed by atoms with Gasteiger partial charge in [0.1, 0.15) is 0 Å². The van der Waals surface area contributed by atoms with Crippen molar-refractivity contribution in [1.29, 1.82) is 0 Å². The molecule has 3 rings (SSSR count). The van der Waals surface area contributed by atoms with Crippen molar-refractivity contribution in [3.05, 3.63) is 40.5 Å². The second-order valence-electron chi connectivity index (χ2n) is 6.63. The third-order valence-electron chi connectivity index (χ3n) is 4.25. The number of nitrogens with two attached hydrogens (primary N) is 1. The summed E-state index contributed by atoms with van der Waals surface area (Å²) in [7, 11) is 0. The van der Waals surface area contributed by atoms with Crippen molar-refractivity contribution in [1.82, 2.24) is 5.32 Å². The second kappa shape index (κ2) is 4.65. The molecule has 3 heteroatoms. The average Bonchev–Trinajstić information content (AvgIpc) is 2.35. The minimum Gasteiger partial charge on any atom is -0.379 e. The van der Waals surface area contributed by atoms with Gasteiger partial charge in [0.2, 0.25) is 5.91 Å². The molecule has 0 saturated carbocycles. The van der Waals surface area contributed by atoms with Crippen molar-refractivity contribution in [2.24, 2.45) is 5.73 Å². The summed E-state index contributed by atoms with van der Waals surface area (Å²) >= 11 is 0. The molecule has 0 bridgehead atoms. The van der Waals surface area contributed by atoms with Crippen molar-refractivity contribution in [3.63, 3.8) is 0 Å². The van der Waals surface area contributed by atoms with Crippen LogP contribution in [0.2, 0.25) is 0 Å². The lowest BCUT2D eigenvalue weighted by atomic mass is 9.81. The predicted octanol–water partition coefficient (Wildman–Crippen LogP) is 2.32. The van der Waals surface area contributed by atoms with E-state index in [1.54, 1.807) is 0 Å². The van der Waals surface area contributed by atoms with Crippen LogP contribution >= 0.6 is 0 Å². The lowest BCUT2D eigenvalue weighted by Gasteiger charge is -2.36. The van der Waals surface area contributed by atoms with Gasteiger partial charge >= 0.3 is 0 Å². The summed E-state index contributed by atoms with van der Waals surface area (Å²) in [5, 5.41) is 3.45. The number of amides is 1. The molecule has 1 aliphatic heterocycles. The molecule has 0 fully saturated rings. The number of hydrogen-bond donors (Lipinski definition) is 2. The first kappa shape index (κ1) is 13.2. The maximum Gasteiger partial charge on any atom is 0.243 e. The van der Waals surface area contributed by atoms with Gasteiger partial charge in [-0.1, -0.05) is 6.07 Å². The molecule has 1 heterocycles. The minimum absolute atomic E-state index is 0.0445. The number of carbonyl (C=O) groups excluding carboxylic acids is 1. The molecule has 106 valence electrons. The molecule has 1 aromatic rings. The quantitative estimate of drug-likeness (QED) is 0.769. The molecule has 0 atom stereocenters. The van der Waals surface area contributed by atoms with E-state index in [0.29, 0.717) is 0 Å². The Labute approximate surface area is 120 Å². The van der Waals surface area contributed by atoms with Gasteiger partial charge in [-0.2, -0.15) is 0 Å². The zero-order valence-corrected chi connectivity index (χ0v) is 12.3. The number of nitrogens with one attached hydrogen (secondary N) is 1. The molecule has 0 radical (unpaired) electrons. The first-order chi connectivity index (χ1) is 9.44. The van der Waals surface area contributed by atoms with Gasteiger partial charge in [0.05, 0.1) is 0 Å². The van der Waals surface area contributed by atoms with E-state index < -0.39 is 5.91 Å². The van der Waals surface area contributed by atoms with Crippen LogP contribution in [0.3, 0.4) is 0 Å². The summed E-state index contributed by atoms with van der Waals surface area (Å²) in [5.74, 6) is -0.395. The van der Waals surface area contributed by atoms with Crippen LogP contribution in [0.15, 0.2) is 18.2 Å². The SMILES string of the molecule is CC1(C)Cc2cc3c(cc2/C(=C/C(N)=O)N1)CCCC3. The third kappa shape index (κ3) is 2.45. The van der Waals surface area contributed by atoms with E-state index in [4.69, 9.17) is 5.73 Å². The molecule has 0 spiro atoms. The van der Waals surface area contributed by atoms with Gasteiger partial charge in [0.25, 0.3) is 0 Å². The molecule has 1 amide bonds. The van der Waals surface area contributed by atoms with Crippen molar-refractivity contribution in [3.8, 4) is 0 Å². The predicted molar refractivity (Wildman–Crippen MR) is 81.2 cm³/mol. The lowest BCUT2D eigenvalue weighted by Crippen LogP contribution is -2.44. The van der Waals surface area contributed by atoms with Crippen LogP contribution in [0.1, 0.15) is 48.9 Å². The monoisotopic (exact) mass is 270 g/mol. The number of carbonyl (C=O) groups is 1. The summed E-state index contributed by atoms with van der Waals surface area (Å²) in [5.41, 5.74) is 11.6. The van der Waals surface area contributed by atoms with E-state index in [9.17, 15) is 4.79 Å². The first-order valence-electron chi connectivity index (χ1n) is 7.39. The fourth-order valence-electron chi connectivity index (χ4n) is 3.44. The molecular weight excluding hydrogens is 248 g/mol. The summed E-state index contributed by atoms with van der Waals surface area (Å²) in [6.07, 6.45) is 7.39. The zero-order chi connectivity index (χ0) is 14.3. The van der Waals surface area contributed by atoms with Gasteiger partial charge in [-0.25, -0.2) is 0 Å². The van der Waals surface area contributed by atoms with Crippen molar-refractivity contribution >= 4 is 11.6 Å². The van der Waals surface area contributed by atoms with Crippen molar-refractivity contribution < 1.29 is 4.79 Å². The number of primary amides is 1. The Morgan fingerprint density at radius 3 is 2.50 bits per heavy atom. The van der Waals surface area contributed by atoms with Gasteiger partial charge in [0.15, 0.2) is 0 Å². The Bertz CT molecular complexity index is 599. The molecule has 1 aliphatic carbocycles. The molecule has 2 aliphatic rings. The van der Waals surface area contributed by atoms with Gasteiger partial charge < -0.3 is 11.1 Å². The molecule has 0 aromatic heterocycles. The average molecular weight is 270 g/mol. The summed E-state index contributed by atoms with van der Waals surface area (Å²) < 4.78 is 0. The van der Waals surface area contributed by atoms with Gasteiger partial charge in [-0.15, -0.1) is 0 Å². The van der Waals surface area contributed by atoms with Crippen LogP contribution in [-0.4, -0.2) is 11.4 Å². The van der Waals surface area contributed by atoms with Gasteiger partial charge in [-0.05, 0) is 68.7 Å². The maximum absolute atomic E-state index is 11.3. The Hall–Kier alpha value is -1.77. The highest BCUT2D eigenvalue weighted by molar-refractivity contribution is 5.94. The normalized spacial score (nSPS) is 21.8. The lowest BCUT2D eigenvalue weighted by molar-refractivity contribution is -0.113. The largest absolute Gasteiger partial charge is 0.379 e. The summed E-state index contributed by atoms with van der Waals surface area (Å²) in [4.78, 5) is 11.3. The van der Waals surface area contributed by atoms with Crippen LogP contribution in [0, 0.1) is 0 Å². The Balaban J connectivity index is 2.13. The molecule has 0 saturated heterocycles. The number of rotatable bonds is 1. The summed E-state index contributed by atoms with van der Waals surface area (Å²) in [6, 6.07) is 4.61. The van der Waals surface area contributed by atoms with Crippen LogP contribution in [-0.2, 0) is 24.1 Å². The molecule has 0 unspecified atom stereocenters. The van der Waals surface area contributed by atoms with E-state index in [2.05, 4.69) is 31.3 Å². The highest BCUT2D eigenvalue weighted by atomic mass is 16.1. The molecule has 1 aromatic carbocycles. The topological polar surface area (TPSA) is 55.1 Å². The van der Waals surface area contributed by atoms with Gasteiger partial charge in [0, 0.05) is 22.9 Å². The van der Waals surface area contributed by atoms with E-state index in [-0.39, 0.29) is 5.54 Å². The zero-order valence-electron chi connectivity index (χ0n) is 12.3. The number of aryl methyl sites for hydroxylation is 2. The van der Waals surface area contributed by atoms with Gasteiger partial charge in [-0.3, -0.25) is 4.79 Å².